The summed E-state index contributed by atoms with van der Waals surface area (Å²) < 4.78 is 5.40. The lowest BCUT2D eigenvalue weighted by atomic mass is 10.1. The zero-order valence-corrected chi connectivity index (χ0v) is 17.0. The Kier molecular flexibility index (Phi) is 6.61. The Balaban J connectivity index is 1.90. The number of hydrogen-bond acceptors (Lipinski definition) is 4. The van der Waals surface area contributed by atoms with Crippen molar-refractivity contribution < 1.29 is 9.53 Å². The first-order valence-electron chi connectivity index (χ1n) is 9.01. The molecule has 3 aromatic rings. The van der Waals surface area contributed by atoms with Gasteiger partial charge in [-0.2, -0.15) is 0 Å². The normalized spacial score (nSPS) is 11.5. The number of benzene rings is 3. The van der Waals surface area contributed by atoms with Crippen LogP contribution in [0.15, 0.2) is 77.7 Å². The van der Waals surface area contributed by atoms with Gasteiger partial charge in [-0.1, -0.05) is 42.5 Å². The molecule has 0 radical (unpaired) electrons. The van der Waals surface area contributed by atoms with E-state index in [4.69, 9.17) is 4.74 Å². The van der Waals surface area contributed by atoms with Crippen molar-refractivity contribution in [2.75, 3.05) is 24.0 Å². The van der Waals surface area contributed by atoms with Crippen LogP contribution in [0.4, 0.5) is 11.4 Å². The van der Waals surface area contributed by atoms with Gasteiger partial charge in [-0.25, -0.2) is 0 Å². The van der Waals surface area contributed by atoms with E-state index in [1.165, 1.54) is 0 Å². The molecule has 2 N–H and O–H groups in total. The van der Waals surface area contributed by atoms with E-state index in [-0.39, 0.29) is 5.91 Å². The van der Waals surface area contributed by atoms with Crippen LogP contribution in [0.25, 0.3) is 0 Å². The second kappa shape index (κ2) is 9.33. The third kappa shape index (κ3) is 4.87. The van der Waals surface area contributed by atoms with Crippen LogP contribution in [0.1, 0.15) is 17.2 Å². The molecule has 144 valence electrons. The van der Waals surface area contributed by atoms with Crippen molar-refractivity contribution in [3.63, 3.8) is 0 Å². The Labute approximate surface area is 170 Å². The molecule has 3 aromatic carbocycles. The van der Waals surface area contributed by atoms with Gasteiger partial charge in [-0.05, 0) is 54.6 Å². The highest BCUT2D eigenvalue weighted by Gasteiger charge is 2.22. The molecule has 0 heterocycles. The fraction of sp³-hybridized carbons (Fsp3) is 0.174. The van der Waals surface area contributed by atoms with Gasteiger partial charge in [-0.15, -0.1) is 11.8 Å². The van der Waals surface area contributed by atoms with E-state index in [0.717, 1.165) is 21.7 Å². The van der Waals surface area contributed by atoms with Gasteiger partial charge in [0.1, 0.15) is 11.8 Å². The molecule has 4 nitrogen and oxygen atoms in total. The second-order valence-corrected chi connectivity index (χ2v) is 7.29. The van der Waals surface area contributed by atoms with Crippen LogP contribution in [0, 0.1) is 6.92 Å². The van der Waals surface area contributed by atoms with E-state index in [1.807, 2.05) is 86.0 Å². The zero-order valence-electron chi connectivity index (χ0n) is 16.2. The highest BCUT2D eigenvalue weighted by Crippen LogP contribution is 2.28. The maximum atomic E-state index is 13.2. The van der Waals surface area contributed by atoms with E-state index in [2.05, 4.69) is 10.6 Å². The topological polar surface area (TPSA) is 50.4 Å². The summed E-state index contributed by atoms with van der Waals surface area (Å²) in [5.74, 6) is 0.486. The smallest absolute Gasteiger partial charge is 0.251 e. The average Bonchev–Trinajstić information content (AvgIpc) is 2.73. The molecule has 28 heavy (non-hydrogen) atoms. The number of carbonyl (C=O) groups excluding carboxylic acids is 1. The largest absolute Gasteiger partial charge is 0.495 e. The first-order chi connectivity index (χ1) is 13.6. The van der Waals surface area contributed by atoms with Crippen LogP contribution in [-0.4, -0.2) is 19.3 Å². The highest BCUT2D eigenvalue weighted by atomic mass is 32.2. The van der Waals surface area contributed by atoms with Crippen molar-refractivity contribution in [2.45, 2.75) is 17.9 Å². The van der Waals surface area contributed by atoms with Crippen LogP contribution in [-0.2, 0) is 4.79 Å². The molecule has 0 unspecified atom stereocenters. The average molecular weight is 393 g/mol. The number of hydrogen-bond donors (Lipinski definition) is 2. The summed E-state index contributed by atoms with van der Waals surface area (Å²) in [4.78, 5) is 14.4. The molecule has 0 aliphatic carbocycles. The summed E-state index contributed by atoms with van der Waals surface area (Å²) in [6, 6.07) is 22.9. The number of thioether (sulfide) groups is 1. The molecule has 0 aromatic heterocycles. The molecular formula is C23H24N2O2S. The molecule has 1 atom stereocenters. The SMILES string of the molecule is COc1ccc(C)cc1NC(=O)[C@H](Nc1cccc(SC)c1)c1ccccc1. The maximum absolute atomic E-state index is 13.2. The molecule has 0 bridgehead atoms. The van der Waals surface area contributed by atoms with Gasteiger partial charge >= 0.3 is 0 Å². The van der Waals surface area contributed by atoms with Gasteiger partial charge in [0.05, 0.1) is 12.8 Å². The summed E-state index contributed by atoms with van der Waals surface area (Å²) in [6.07, 6.45) is 2.03. The molecular weight excluding hydrogens is 368 g/mol. The molecule has 0 aliphatic heterocycles. The van der Waals surface area contributed by atoms with Gasteiger partial charge in [-0.3, -0.25) is 4.79 Å². The summed E-state index contributed by atoms with van der Waals surface area (Å²) >= 11 is 1.67. The van der Waals surface area contributed by atoms with Crippen LogP contribution < -0.4 is 15.4 Å². The first kappa shape index (κ1) is 19.8. The minimum absolute atomic E-state index is 0.148. The maximum Gasteiger partial charge on any atom is 0.251 e. The summed E-state index contributed by atoms with van der Waals surface area (Å²) in [5.41, 5.74) is 3.49. The lowest BCUT2D eigenvalue weighted by Crippen LogP contribution is -2.27. The second-order valence-electron chi connectivity index (χ2n) is 6.41. The highest BCUT2D eigenvalue weighted by molar-refractivity contribution is 7.98. The number of rotatable bonds is 7. The third-order valence-electron chi connectivity index (χ3n) is 4.39. The minimum Gasteiger partial charge on any atom is -0.495 e. The molecule has 0 fully saturated rings. The van der Waals surface area contributed by atoms with Gasteiger partial charge < -0.3 is 15.4 Å². The number of methoxy groups -OCH3 is 1. The predicted octanol–water partition coefficient (Wildman–Crippen LogP) is 5.52. The molecule has 1 amide bonds. The Bertz CT molecular complexity index is 944. The van der Waals surface area contributed by atoms with Crippen molar-refractivity contribution in [2.24, 2.45) is 0 Å². The van der Waals surface area contributed by atoms with Crippen LogP contribution >= 0.6 is 11.8 Å². The van der Waals surface area contributed by atoms with E-state index in [1.54, 1.807) is 18.9 Å². The van der Waals surface area contributed by atoms with Crippen molar-refractivity contribution in [1.29, 1.82) is 0 Å². The number of amides is 1. The summed E-state index contributed by atoms with van der Waals surface area (Å²) in [5, 5.41) is 6.39. The van der Waals surface area contributed by atoms with Gasteiger partial charge in [0.25, 0.3) is 5.91 Å². The third-order valence-corrected chi connectivity index (χ3v) is 5.11. The molecule has 0 saturated carbocycles. The standard InChI is InChI=1S/C23H24N2O2S/c1-16-12-13-21(27-2)20(14-16)25-23(26)22(17-8-5-4-6-9-17)24-18-10-7-11-19(15-18)28-3/h4-15,22,24H,1-3H3,(H,25,26)/t22-/m1/s1. The lowest BCUT2D eigenvalue weighted by molar-refractivity contribution is -0.117. The molecule has 3 rings (SSSR count). The molecule has 0 spiro atoms. The van der Waals surface area contributed by atoms with Gasteiger partial charge in [0, 0.05) is 10.6 Å². The fourth-order valence-electron chi connectivity index (χ4n) is 2.95. The first-order valence-corrected chi connectivity index (χ1v) is 10.2. The summed E-state index contributed by atoms with van der Waals surface area (Å²) in [6.45, 7) is 1.98. The van der Waals surface area contributed by atoms with Crippen molar-refractivity contribution in [3.05, 3.63) is 83.9 Å². The Morgan fingerprint density at radius 2 is 1.79 bits per heavy atom. The minimum atomic E-state index is -0.538. The van der Waals surface area contributed by atoms with Crippen molar-refractivity contribution in [1.82, 2.24) is 0 Å². The lowest BCUT2D eigenvalue weighted by Gasteiger charge is -2.21. The molecule has 0 saturated heterocycles. The predicted molar refractivity (Wildman–Crippen MR) is 117 cm³/mol. The number of nitrogens with one attached hydrogen (secondary N) is 2. The van der Waals surface area contributed by atoms with Gasteiger partial charge in [0.2, 0.25) is 0 Å². The van der Waals surface area contributed by atoms with Gasteiger partial charge in [0.15, 0.2) is 0 Å². The molecule has 5 heteroatoms. The van der Waals surface area contributed by atoms with Crippen LogP contribution in [0.2, 0.25) is 0 Å². The van der Waals surface area contributed by atoms with E-state index >= 15 is 0 Å². The van der Waals surface area contributed by atoms with Crippen molar-refractivity contribution >= 4 is 29.0 Å². The monoisotopic (exact) mass is 392 g/mol. The zero-order chi connectivity index (χ0) is 19.9. The van der Waals surface area contributed by atoms with E-state index in [0.29, 0.717) is 11.4 Å². The van der Waals surface area contributed by atoms with E-state index in [9.17, 15) is 4.79 Å². The number of ether oxygens (including phenoxy) is 1. The van der Waals surface area contributed by atoms with Crippen molar-refractivity contribution in [3.8, 4) is 5.75 Å². The fourth-order valence-corrected chi connectivity index (χ4v) is 3.41. The Hall–Kier alpha value is -2.92. The molecule has 0 aliphatic rings. The van der Waals surface area contributed by atoms with Crippen LogP contribution in [0.3, 0.4) is 0 Å². The Morgan fingerprint density at radius 3 is 2.50 bits per heavy atom. The number of carbonyl (C=O) groups is 1. The number of anilines is 2. The van der Waals surface area contributed by atoms with Crippen LogP contribution in [0.5, 0.6) is 5.75 Å². The quantitative estimate of drug-likeness (QED) is 0.520. The number of aryl methyl sites for hydroxylation is 1. The summed E-state index contributed by atoms with van der Waals surface area (Å²) in [7, 11) is 1.60. The van der Waals surface area contributed by atoms with E-state index < -0.39 is 6.04 Å². The Morgan fingerprint density at radius 1 is 1.00 bits per heavy atom.